The van der Waals surface area contributed by atoms with Gasteiger partial charge in [0.1, 0.15) is 0 Å². The topological polar surface area (TPSA) is 74.6 Å². The van der Waals surface area contributed by atoms with Gasteiger partial charge in [-0.1, -0.05) is 194 Å². The van der Waals surface area contributed by atoms with Crippen LogP contribution in [-0.2, 0) is 9.59 Å². The second-order valence-electron chi connectivity index (χ2n) is 12.2. The summed E-state index contributed by atoms with van der Waals surface area (Å²) in [6.45, 7) is 4.54. The summed E-state index contributed by atoms with van der Waals surface area (Å²) in [7, 11) is 0. The van der Waals surface area contributed by atoms with E-state index in [1.54, 1.807) is 0 Å². The zero-order chi connectivity index (χ0) is 29.8. The average Bonchev–Trinajstić information content (AvgIpc) is 2.93. The molecule has 0 rings (SSSR count). The van der Waals surface area contributed by atoms with Crippen molar-refractivity contribution in [2.45, 2.75) is 219 Å². The summed E-state index contributed by atoms with van der Waals surface area (Å²) in [5.74, 6) is -1.31. The Morgan fingerprint density at radius 2 is 0.500 bits per heavy atom. The van der Waals surface area contributed by atoms with E-state index >= 15 is 0 Å². The minimum absolute atomic E-state index is 0. The molecule has 0 unspecified atom stereocenters. The second-order valence-corrected chi connectivity index (χ2v) is 12.2. The van der Waals surface area contributed by atoms with Crippen LogP contribution in [0.2, 0.25) is 0 Å². The van der Waals surface area contributed by atoms with Crippen LogP contribution in [-0.4, -0.2) is 59.9 Å². The first-order chi connectivity index (χ1) is 19.5. The largest absolute Gasteiger partial charge is 2.00 e. The molecule has 0 bridgehead atoms. The van der Waals surface area contributed by atoms with Crippen LogP contribution in [0.25, 0.3) is 0 Å². The molecule has 0 saturated heterocycles. The van der Waals surface area contributed by atoms with Crippen LogP contribution in [0.3, 0.4) is 0 Å². The molecule has 0 aliphatic heterocycles. The molecule has 0 heterocycles. The Hall–Kier alpha value is 1.84. The maximum Gasteiger partial charge on any atom is 2.00 e. The number of carboxylic acid groups (broad SMARTS) is 2. The summed E-state index contributed by atoms with van der Waals surface area (Å²) in [6, 6.07) is 0. The fourth-order valence-electron chi connectivity index (χ4n) is 5.30. The molecule has 0 atom stereocenters. The Bertz CT molecular complexity index is 477. The van der Waals surface area contributed by atoms with E-state index < -0.39 is 11.9 Å². The van der Waals surface area contributed by atoms with Crippen LogP contribution in [0.1, 0.15) is 224 Å². The first kappa shape index (κ1) is 50.7. The van der Waals surface area contributed by atoms with Gasteiger partial charge in [0.25, 0.3) is 0 Å². The Balaban J connectivity index is -0.000000116. The molecule has 246 valence electrons. The van der Waals surface area contributed by atoms with Crippen LogP contribution >= 0.6 is 0 Å². The summed E-state index contributed by atoms with van der Waals surface area (Å²) in [6.07, 6.45) is 40.4. The number of hydrogen-bond donors (Lipinski definition) is 2. The Morgan fingerprint density at radius 1 is 0.357 bits per heavy atom. The molecule has 6 heteroatoms. The Labute approximate surface area is 340 Å². The molecule has 0 aromatic heterocycles. The normalized spacial score (nSPS) is 10.3. The van der Waals surface area contributed by atoms with Gasteiger partial charge in [-0.3, -0.25) is 9.59 Å². The molecule has 0 aromatic carbocycles. The van der Waals surface area contributed by atoms with Crippen LogP contribution in [0.4, 0.5) is 0 Å². The van der Waals surface area contributed by atoms with Crippen molar-refractivity contribution in [3.8, 4) is 0 Å². The quantitative estimate of drug-likeness (QED) is 0.0562. The number of unbranched alkanes of at least 4 members (excludes halogenated alkanes) is 28. The fraction of sp³-hybridized carbons (Fsp3) is 0.944. The number of carboxylic acids is 2. The number of hydrogen-bond acceptors (Lipinski definition) is 2. The summed E-state index contributed by atoms with van der Waals surface area (Å²) in [5.41, 5.74) is 0. The minimum Gasteiger partial charge on any atom is -1.00 e. The van der Waals surface area contributed by atoms with Crippen molar-refractivity contribution < 1.29 is 75.5 Å². The first-order valence-corrected chi connectivity index (χ1v) is 18.0. The molecule has 0 amide bonds. The van der Waals surface area contributed by atoms with Gasteiger partial charge in [0.15, 0.2) is 0 Å². The average molecular weight is 651 g/mol. The van der Waals surface area contributed by atoms with Gasteiger partial charge in [-0.25, -0.2) is 0 Å². The fourth-order valence-corrected chi connectivity index (χ4v) is 5.30. The van der Waals surface area contributed by atoms with E-state index in [-0.39, 0.29) is 93.4 Å². The maximum absolute atomic E-state index is 10.3. The minimum atomic E-state index is -0.653. The van der Waals surface area contributed by atoms with E-state index in [1.165, 1.54) is 167 Å². The van der Waals surface area contributed by atoms with Crippen molar-refractivity contribution >= 4 is 49.7 Å². The molecule has 42 heavy (non-hydrogen) atoms. The van der Waals surface area contributed by atoms with E-state index in [0.29, 0.717) is 12.8 Å². The van der Waals surface area contributed by atoms with Gasteiger partial charge < -0.3 is 14.5 Å². The van der Waals surface area contributed by atoms with E-state index in [1.807, 2.05) is 0 Å². The van der Waals surface area contributed by atoms with Gasteiger partial charge in [-0.05, 0) is 12.8 Å². The van der Waals surface area contributed by atoms with Crippen molar-refractivity contribution in [3.63, 3.8) is 0 Å². The molecule has 0 aliphatic carbocycles. The summed E-state index contributed by atoms with van der Waals surface area (Å²) in [5, 5.41) is 17.0. The molecule has 2 N–H and O–H groups in total. The number of aliphatic carboxylic acids is 2. The van der Waals surface area contributed by atoms with Crippen molar-refractivity contribution in [2.24, 2.45) is 0 Å². The molecule has 0 spiro atoms. The van der Waals surface area contributed by atoms with Gasteiger partial charge in [0.05, 0.1) is 0 Å². The van der Waals surface area contributed by atoms with E-state index in [0.717, 1.165) is 25.7 Å². The van der Waals surface area contributed by atoms with Crippen molar-refractivity contribution in [1.82, 2.24) is 0 Å². The third kappa shape index (κ3) is 54.3. The molecule has 0 radical (unpaired) electrons. The molecule has 4 nitrogen and oxygen atoms in total. The third-order valence-electron chi connectivity index (χ3n) is 7.99. The molecular formula is C36H75CaKO4. The van der Waals surface area contributed by atoms with Gasteiger partial charge in [0.2, 0.25) is 0 Å². The SMILES string of the molecule is CCCCCCCCCCCCCCCCCC(=O)O.CCCCCCCCCCCCCCCCCC(=O)O.[Ca+2].[H-].[H-].[H-].[K+]. The van der Waals surface area contributed by atoms with Crippen LogP contribution in [0.5, 0.6) is 0 Å². The monoisotopic (exact) mass is 650 g/mol. The number of rotatable bonds is 32. The van der Waals surface area contributed by atoms with Crippen molar-refractivity contribution in [1.29, 1.82) is 0 Å². The smallest absolute Gasteiger partial charge is 1.00 e. The summed E-state index contributed by atoms with van der Waals surface area (Å²) >= 11 is 0. The van der Waals surface area contributed by atoms with Gasteiger partial charge in [0, 0.05) is 12.8 Å². The molecule has 0 aromatic rings. The van der Waals surface area contributed by atoms with Crippen molar-refractivity contribution in [2.75, 3.05) is 0 Å². The van der Waals surface area contributed by atoms with Crippen LogP contribution in [0.15, 0.2) is 0 Å². The van der Waals surface area contributed by atoms with Crippen LogP contribution < -0.4 is 51.4 Å². The van der Waals surface area contributed by atoms with Gasteiger partial charge >= 0.3 is 101 Å². The second kappa shape index (κ2) is 47.2. The maximum atomic E-state index is 10.3. The molecule has 0 aliphatic rings. The predicted octanol–water partition coefficient (Wildman–Crippen LogP) is 9.63. The molecule has 0 saturated carbocycles. The van der Waals surface area contributed by atoms with Crippen LogP contribution in [0, 0.1) is 0 Å². The van der Waals surface area contributed by atoms with Gasteiger partial charge in [-0.15, -0.1) is 0 Å². The third-order valence-corrected chi connectivity index (χ3v) is 7.99. The van der Waals surface area contributed by atoms with Crippen molar-refractivity contribution in [3.05, 3.63) is 0 Å². The van der Waals surface area contributed by atoms with E-state index in [9.17, 15) is 9.59 Å². The van der Waals surface area contributed by atoms with E-state index in [2.05, 4.69) is 13.8 Å². The van der Waals surface area contributed by atoms with E-state index in [4.69, 9.17) is 10.2 Å². The zero-order valence-electron chi connectivity index (χ0n) is 32.0. The Kier molecular flexibility index (Phi) is 57.0. The summed E-state index contributed by atoms with van der Waals surface area (Å²) < 4.78 is 0. The zero-order valence-corrected chi connectivity index (χ0v) is 34.4. The summed E-state index contributed by atoms with van der Waals surface area (Å²) in [4.78, 5) is 20.7. The van der Waals surface area contributed by atoms with Gasteiger partial charge in [-0.2, -0.15) is 0 Å². The standard InChI is InChI=1S/2C18H36O2.Ca.K.3H/c2*1-2-3-4-5-6-7-8-9-10-11-12-13-14-15-16-17-18(19)20;;;;;/h2*2-17H2,1H3,(H,19,20);;;;;/q;;+2;+1;3*-1. The number of carbonyl (C=O) groups is 2. The molecular weight excluding hydrogens is 576 g/mol. The Morgan fingerprint density at radius 3 is 0.643 bits per heavy atom. The first-order valence-electron chi connectivity index (χ1n) is 18.0. The molecule has 0 fully saturated rings. The predicted molar refractivity (Wildman–Crippen MR) is 183 cm³/mol.